The van der Waals surface area contributed by atoms with E-state index in [4.69, 9.17) is 27.9 Å². The maximum Gasteiger partial charge on any atom is 0.262 e. The molecule has 156 valence electrons. The Morgan fingerprint density at radius 2 is 1.77 bits per heavy atom. The summed E-state index contributed by atoms with van der Waals surface area (Å²) in [7, 11) is 0. The summed E-state index contributed by atoms with van der Waals surface area (Å²) in [6, 6.07) is 22.2. The molecule has 0 aliphatic rings. The van der Waals surface area contributed by atoms with Gasteiger partial charge in [0.2, 0.25) is 0 Å². The Kier molecular flexibility index (Phi) is 8.13. The zero-order valence-electron chi connectivity index (χ0n) is 16.2. The summed E-state index contributed by atoms with van der Waals surface area (Å²) >= 11 is 15.9. The van der Waals surface area contributed by atoms with Crippen molar-refractivity contribution in [2.75, 3.05) is 0 Å². The molecular formula is C24H17BrCl2N2O2. The van der Waals surface area contributed by atoms with Gasteiger partial charge in [-0.05, 0) is 41.5 Å². The molecule has 0 saturated heterocycles. The van der Waals surface area contributed by atoms with Gasteiger partial charge in [0.15, 0.2) is 0 Å². The lowest BCUT2D eigenvalue weighted by Gasteiger charge is -2.13. The standard InChI is InChI=1S/C24H17BrCl2N2O2/c25-20-8-6-17(7-9-20)15-31-23-18(11-21(26)12-22(23)27)10-19(13-28)24(30)29-14-16-4-2-1-3-5-16/h1-12H,14-15H2,(H,29,30)/b19-10+. The molecule has 0 unspecified atom stereocenters. The van der Waals surface area contributed by atoms with Crippen LogP contribution in [0.15, 0.2) is 76.8 Å². The zero-order valence-corrected chi connectivity index (χ0v) is 19.3. The van der Waals surface area contributed by atoms with Crippen molar-refractivity contribution in [2.45, 2.75) is 13.2 Å². The Hall–Kier alpha value is -2.78. The third kappa shape index (κ3) is 6.60. The van der Waals surface area contributed by atoms with Gasteiger partial charge in [0.25, 0.3) is 5.91 Å². The number of halogens is 3. The second-order valence-corrected chi connectivity index (χ2v) is 8.32. The van der Waals surface area contributed by atoms with Crippen LogP contribution in [0.2, 0.25) is 10.0 Å². The van der Waals surface area contributed by atoms with Gasteiger partial charge in [-0.25, -0.2) is 0 Å². The minimum Gasteiger partial charge on any atom is -0.487 e. The molecule has 7 heteroatoms. The van der Waals surface area contributed by atoms with Crippen molar-refractivity contribution >= 4 is 51.1 Å². The molecule has 0 bridgehead atoms. The number of ether oxygens (including phenoxy) is 1. The minimum absolute atomic E-state index is 0.0808. The molecule has 0 spiro atoms. The predicted molar refractivity (Wildman–Crippen MR) is 127 cm³/mol. The molecule has 3 rings (SSSR count). The minimum atomic E-state index is -0.499. The summed E-state index contributed by atoms with van der Waals surface area (Å²) in [6.07, 6.45) is 1.43. The number of amides is 1. The SMILES string of the molecule is N#C/C(=C\c1cc(Cl)cc(Cl)c1OCc1ccc(Br)cc1)C(=O)NCc1ccccc1. The topological polar surface area (TPSA) is 62.1 Å². The van der Waals surface area contributed by atoms with E-state index in [1.807, 2.05) is 60.7 Å². The first kappa shape index (κ1) is 22.9. The molecule has 31 heavy (non-hydrogen) atoms. The monoisotopic (exact) mass is 514 g/mol. The fourth-order valence-corrected chi connectivity index (χ4v) is 3.58. The molecule has 0 aliphatic heterocycles. The van der Waals surface area contributed by atoms with E-state index in [-0.39, 0.29) is 17.2 Å². The number of rotatable bonds is 7. The second kappa shape index (κ2) is 11.0. The summed E-state index contributed by atoms with van der Waals surface area (Å²) in [5, 5.41) is 12.9. The number of carbonyl (C=O) groups excluding carboxylic acids is 1. The number of nitrogens with zero attached hydrogens (tertiary/aromatic N) is 1. The first-order valence-electron chi connectivity index (χ1n) is 9.26. The number of nitriles is 1. The lowest BCUT2D eigenvalue weighted by molar-refractivity contribution is -0.117. The van der Waals surface area contributed by atoms with Crippen molar-refractivity contribution < 1.29 is 9.53 Å². The summed E-state index contributed by atoms with van der Waals surface area (Å²) < 4.78 is 6.87. The van der Waals surface area contributed by atoms with Crippen LogP contribution in [0.25, 0.3) is 6.08 Å². The molecule has 0 aliphatic carbocycles. The molecule has 0 aromatic heterocycles. The van der Waals surface area contributed by atoms with E-state index in [0.29, 0.717) is 22.9 Å². The normalized spacial score (nSPS) is 11.0. The molecule has 3 aromatic rings. The van der Waals surface area contributed by atoms with Crippen molar-refractivity contribution in [1.82, 2.24) is 5.32 Å². The second-order valence-electron chi connectivity index (χ2n) is 6.56. The van der Waals surface area contributed by atoms with Gasteiger partial charge in [-0.1, -0.05) is 81.6 Å². The van der Waals surface area contributed by atoms with Crippen LogP contribution >= 0.6 is 39.1 Å². The Labute approximate surface area is 199 Å². The van der Waals surface area contributed by atoms with Crippen LogP contribution in [0.5, 0.6) is 5.75 Å². The molecule has 1 amide bonds. The summed E-state index contributed by atoms with van der Waals surface area (Å²) in [6.45, 7) is 0.569. The quantitative estimate of drug-likeness (QED) is 0.286. The number of benzene rings is 3. The number of hydrogen-bond donors (Lipinski definition) is 1. The van der Waals surface area contributed by atoms with Gasteiger partial charge >= 0.3 is 0 Å². The molecule has 4 nitrogen and oxygen atoms in total. The number of hydrogen-bond acceptors (Lipinski definition) is 3. The molecule has 0 fully saturated rings. The van der Waals surface area contributed by atoms with E-state index in [1.165, 1.54) is 6.08 Å². The molecule has 0 saturated carbocycles. The maximum absolute atomic E-state index is 12.5. The highest BCUT2D eigenvalue weighted by Crippen LogP contribution is 2.34. The van der Waals surface area contributed by atoms with Crippen LogP contribution in [0, 0.1) is 11.3 Å². The van der Waals surface area contributed by atoms with Crippen molar-refractivity contribution in [1.29, 1.82) is 5.26 Å². The lowest BCUT2D eigenvalue weighted by atomic mass is 10.1. The highest BCUT2D eigenvalue weighted by molar-refractivity contribution is 9.10. The Bertz CT molecular complexity index is 1140. The molecule has 3 aromatic carbocycles. The van der Waals surface area contributed by atoms with Crippen molar-refractivity contribution in [2.24, 2.45) is 0 Å². The van der Waals surface area contributed by atoms with Gasteiger partial charge in [-0.2, -0.15) is 5.26 Å². The van der Waals surface area contributed by atoms with Gasteiger partial charge in [-0.3, -0.25) is 4.79 Å². The molecule has 0 radical (unpaired) electrons. The van der Waals surface area contributed by atoms with Gasteiger partial charge in [-0.15, -0.1) is 0 Å². The smallest absolute Gasteiger partial charge is 0.262 e. The predicted octanol–water partition coefficient (Wildman–Crippen LogP) is 6.56. The van der Waals surface area contributed by atoms with Crippen LogP contribution in [0.4, 0.5) is 0 Å². The number of nitrogens with one attached hydrogen (secondary N) is 1. The van der Waals surface area contributed by atoms with E-state index in [1.54, 1.807) is 12.1 Å². The van der Waals surface area contributed by atoms with E-state index in [0.717, 1.165) is 15.6 Å². The largest absolute Gasteiger partial charge is 0.487 e. The Balaban J connectivity index is 1.81. The number of carbonyl (C=O) groups is 1. The first-order valence-corrected chi connectivity index (χ1v) is 10.8. The third-order valence-corrected chi connectivity index (χ3v) is 5.32. The summed E-state index contributed by atoms with van der Waals surface area (Å²) in [5.41, 5.74) is 2.23. The van der Waals surface area contributed by atoms with Crippen molar-refractivity contribution in [3.8, 4) is 11.8 Å². The summed E-state index contributed by atoms with van der Waals surface area (Å²) in [4.78, 5) is 12.5. The van der Waals surface area contributed by atoms with Crippen molar-refractivity contribution in [3.05, 3.63) is 104 Å². The van der Waals surface area contributed by atoms with Gasteiger partial charge < -0.3 is 10.1 Å². The van der Waals surface area contributed by atoms with Crippen molar-refractivity contribution in [3.63, 3.8) is 0 Å². The molecular weight excluding hydrogens is 499 g/mol. The van der Waals surface area contributed by atoms with Crippen LogP contribution in [0.1, 0.15) is 16.7 Å². The van der Waals surface area contributed by atoms with Crippen LogP contribution in [-0.2, 0) is 17.9 Å². The fourth-order valence-electron chi connectivity index (χ4n) is 2.75. The van der Waals surface area contributed by atoms with Gasteiger partial charge in [0.05, 0.1) is 5.02 Å². The van der Waals surface area contributed by atoms with Gasteiger partial charge in [0.1, 0.15) is 24.0 Å². The van der Waals surface area contributed by atoms with Crippen LogP contribution < -0.4 is 10.1 Å². The van der Waals surface area contributed by atoms with Gasteiger partial charge in [0, 0.05) is 21.6 Å². The Morgan fingerprint density at radius 1 is 1.06 bits per heavy atom. The maximum atomic E-state index is 12.5. The third-order valence-electron chi connectivity index (χ3n) is 4.29. The molecule has 0 heterocycles. The van der Waals surface area contributed by atoms with E-state index < -0.39 is 5.91 Å². The lowest BCUT2D eigenvalue weighted by Crippen LogP contribution is -2.23. The van der Waals surface area contributed by atoms with Crippen LogP contribution in [0.3, 0.4) is 0 Å². The van der Waals surface area contributed by atoms with E-state index >= 15 is 0 Å². The highest BCUT2D eigenvalue weighted by atomic mass is 79.9. The fraction of sp³-hybridized carbons (Fsp3) is 0.0833. The zero-order chi connectivity index (χ0) is 22.2. The first-order chi connectivity index (χ1) is 15.0. The average Bonchev–Trinajstić information content (AvgIpc) is 2.77. The molecule has 1 N–H and O–H groups in total. The van der Waals surface area contributed by atoms with E-state index in [9.17, 15) is 10.1 Å². The summed E-state index contributed by atoms with van der Waals surface area (Å²) in [5.74, 6) is -0.154. The molecule has 0 atom stereocenters. The highest BCUT2D eigenvalue weighted by Gasteiger charge is 2.14. The average molecular weight is 516 g/mol. The Morgan fingerprint density at radius 3 is 2.45 bits per heavy atom. The van der Waals surface area contributed by atoms with E-state index in [2.05, 4.69) is 21.2 Å². The van der Waals surface area contributed by atoms with Crippen LogP contribution in [-0.4, -0.2) is 5.91 Å².